The van der Waals surface area contributed by atoms with Crippen LogP contribution in [-0.4, -0.2) is 9.55 Å². The van der Waals surface area contributed by atoms with Gasteiger partial charge >= 0.3 is 0 Å². The molecule has 110 valence electrons. The molecule has 0 amide bonds. The first-order valence-corrected chi connectivity index (χ1v) is 8.65. The van der Waals surface area contributed by atoms with Crippen LogP contribution in [0, 0.1) is 0 Å². The Bertz CT molecular complexity index is 774. The fourth-order valence-corrected chi connectivity index (χ4v) is 3.99. The molecule has 2 heterocycles. The Morgan fingerprint density at radius 3 is 2.86 bits per heavy atom. The number of nitrogens with zero attached hydrogens (tertiary/aromatic N) is 2. The maximum atomic E-state index is 6.39. The largest absolute Gasteiger partial charge is 0.320 e. The third-order valence-corrected chi connectivity index (χ3v) is 5.07. The van der Waals surface area contributed by atoms with E-state index < -0.39 is 0 Å². The number of hydrogen-bond acceptors (Lipinski definition) is 2. The van der Waals surface area contributed by atoms with Crippen LogP contribution in [0.15, 0.2) is 29.6 Å². The second-order valence-electron chi connectivity index (χ2n) is 5.00. The fraction of sp³-hybridized carbons (Fsp3) is 0.312. The van der Waals surface area contributed by atoms with Gasteiger partial charge in [0.05, 0.1) is 28.0 Å². The average Bonchev–Trinajstić information content (AvgIpc) is 3.04. The van der Waals surface area contributed by atoms with Crippen molar-refractivity contribution >= 4 is 45.6 Å². The highest BCUT2D eigenvalue weighted by molar-refractivity contribution is 7.10. The molecule has 3 aromatic rings. The van der Waals surface area contributed by atoms with Gasteiger partial charge in [0.1, 0.15) is 5.82 Å². The molecule has 0 N–H and O–H groups in total. The van der Waals surface area contributed by atoms with E-state index in [1.165, 1.54) is 10.4 Å². The normalized spacial score (nSPS) is 13.0. The Kier molecular flexibility index (Phi) is 4.25. The maximum absolute atomic E-state index is 6.39. The van der Waals surface area contributed by atoms with Gasteiger partial charge in [0.25, 0.3) is 0 Å². The molecule has 21 heavy (non-hydrogen) atoms. The molecule has 0 spiro atoms. The van der Waals surface area contributed by atoms with Gasteiger partial charge in [-0.05, 0) is 42.5 Å². The van der Waals surface area contributed by atoms with Gasteiger partial charge in [-0.2, -0.15) is 0 Å². The second kappa shape index (κ2) is 5.99. The molecular weight excluding hydrogens is 323 g/mol. The van der Waals surface area contributed by atoms with Crippen LogP contribution in [-0.2, 0) is 13.0 Å². The second-order valence-corrected chi connectivity index (χ2v) is 7.06. The summed E-state index contributed by atoms with van der Waals surface area (Å²) in [6.07, 6.45) is 1.03. The Balaban J connectivity index is 2.18. The number of aromatic nitrogens is 2. The van der Waals surface area contributed by atoms with E-state index in [0.29, 0.717) is 0 Å². The van der Waals surface area contributed by atoms with Crippen LogP contribution < -0.4 is 0 Å². The van der Waals surface area contributed by atoms with Gasteiger partial charge in [0, 0.05) is 4.88 Å². The molecule has 0 radical (unpaired) electrons. The predicted molar refractivity (Wildman–Crippen MR) is 91.8 cm³/mol. The molecule has 1 aromatic carbocycles. The Morgan fingerprint density at radius 1 is 1.33 bits per heavy atom. The topological polar surface area (TPSA) is 17.8 Å². The van der Waals surface area contributed by atoms with Gasteiger partial charge < -0.3 is 4.57 Å². The van der Waals surface area contributed by atoms with Gasteiger partial charge in [0.2, 0.25) is 0 Å². The highest BCUT2D eigenvalue weighted by atomic mass is 35.5. The van der Waals surface area contributed by atoms with Gasteiger partial charge in [0.15, 0.2) is 0 Å². The van der Waals surface area contributed by atoms with Crippen LogP contribution >= 0.6 is 34.5 Å². The van der Waals surface area contributed by atoms with E-state index in [1.807, 2.05) is 25.1 Å². The lowest BCUT2D eigenvalue weighted by atomic mass is 10.2. The minimum absolute atomic E-state index is 0.154. The molecule has 0 aliphatic carbocycles. The molecule has 5 heteroatoms. The molecule has 1 atom stereocenters. The monoisotopic (exact) mass is 338 g/mol. The number of aryl methyl sites for hydroxylation is 1. The molecule has 1 unspecified atom stereocenters. The number of thiophene rings is 1. The molecule has 0 bridgehead atoms. The highest BCUT2D eigenvalue weighted by Gasteiger charge is 2.18. The molecule has 0 saturated carbocycles. The van der Waals surface area contributed by atoms with Crippen molar-refractivity contribution in [1.29, 1.82) is 0 Å². The van der Waals surface area contributed by atoms with Crippen LogP contribution in [0.4, 0.5) is 0 Å². The number of fused-ring (bicyclic) bond motifs is 1. The van der Waals surface area contributed by atoms with Crippen molar-refractivity contribution in [1.82, 2.24) is 9.55 Å². The lowest BCUT2D eigenvalue weighted by Crippen LogP contribution is -2.06. The number of alkyl halides is 1. The standard InChI is InChI=1S/C16H16Cl2N2S/c1-3-11-7-8-21-14(11)9-20-15-12(18)5-4-6-13(15)19-16(20)10(2)17/h4-8,10H,3,9H2,1-2H3. The zero-order valence-corrected chi connectivity index (χ0v) is 14.3. The Hall–Kier alpha value is -1.03. The smallest absolute Gasteiger partial charge is 0.128 e. The van der Waals surface area contributed by atoms with E-state index in [4.69, 9.17) is 23.2 Å². The van der Waals surface area contributed by atoms with Crippen molar-refractivity contribution in [2.75, 3.05) is 0 Å². The SMILES string of the molecule is CCc1ccsc1Cn1c(C(C)Cl)nc2cccc(Cl)c21. The number of halogens is 2. The Morgan fingerprint density at radius 2 is 2.14 bits per heavy atom. The van der Waals surface area contributed by atoms with Crippen LogP contribution in [0.5, 0.6) is 0 Å². The number of rotatable bonds is 4. The van der Waals surface area contributed by atoms with Crippen molar-refractivity contribution in [3.05, 3.63) is 50.9 Å². The average molecular weight is 339 g/mol. The molecule has 2 aromatic heterocycles. The molecule has 0 aliphatic rings. The van der Waals surface area contributed by atoms with E-state index in [2.05, 4.69) is 27.9 Å². The van der Waals surface area contributed by atoms with Crippen LogP contribution in [0.3, 0.4) is 0 Å². The summed E-state index contributed by atoms with van der Waals surface area (Å²) in [6.45, 7) is 4.89. The van der Waals surface area contributed by atoms with Gasteiger partial charge in [-0.1, -0.05) is 24.6 Å². The highest BCUT2D eigenvalue weighted by Crippen LogP contribution is 2.31. The van der Waals surface area contributed by atoms with E-state index >= 15 is 0 Å². The predicted octanol–water partition coefficient (Wildman–Crippen LogP) is 5.66. The van der Waals surface area contributed by atoms with Gasteiger partial charge in [-0.15, -0.1) is 22.9 Å². The van der Waals surface area contributed by atoms with Gasteiger partial charge in [-0.3, -0.25) is 0 Å². The van der Waals surface area contributed by atoms with Crippen LogP contribution in [0.1, 0.15) is 35.5 Å². The molecule has 0 saturated heterocycles. The van der Waals surface area contributed by atoms with E-state index in [-0.39, 0.29) is 5.38 Å². The lowest BCUT2D eigenvalue weighted by Gasteiger charge is -2.11. The maximum Gasteiger partial charge on any atom is 0.128 e. The number of hydrogen-bond donors (Lipinski definition) is 0. The zero-order valence-electron chi connectivity index (χ0n) is 11.9. The van der Waals surface area contributed by atoms with Crippen molar-refractivity contribution in [2.24, 2.45) is 0 Å². The van der Waals surface area contributed by atoms with E-state index in [0.717, 1.165) is 34.8 Å². The van der Waals surface area contributed by atoms with Crippen molar-refractivity contribution in [2.45, 2.75) is 32.2 Å². The van der Waals surface area contributed by atoms with E-state index in [1.54, 1.807) is 11.3 Å². The first kappa shape index (κ1) is 14.9. The van der Waals surface area contributed by atoms with Crippen molar-refractivity contribution in [3.8, 4) is 0 Å². The number of imidazole rings is 1. The first-order valence-electron chi connectivity index (χ1n) is 6.95. The lowest BCUT2D eigenvalue weighted by molar-refractivity contribution is 0.746. The molecule has 0 fully saturated rings. The van der Waals surface area contributed by atoms with Crippen molar-refractivity contribution in [3.63, 3.8) is 0 Å². The third-order valence-electron chi connectivity index (χ3n) is 3.62. The minimum Gasteiger partial charge on any atom is -0.320 e. The molecule has 2 nitrogen and oxygen atoms in total. The third kappa shape index (κ3) is 2.70. The molecular formula is C16H16Cl2N2S. The van der Waals surface area contributed by atoms with E-state index in [9.17, 15) is 0 Å². The summed E-state index contributed by atoms with van der Waals surface area (Å²) in [6, 6.07) is 7.99. The molecule has 0 aliphatic heterocycles. The van der Waals surface area contributed by atoms with Crippen molar-refractivity contribution < 1.29 is 0 Å². The first-order chi connectivity index (χ1) is 10.1. The summed E-state index contributed by atoms with van der Waals surface area (Å²) in [5, 5.41) is 2.70. The Labute approximate surface area is 138 Å². The zero-order chi connectivity index (χ0) is 15.0. The quantitative estimate of drug-likeness (QED) is 0.561. The summed E-state index contributed by atoms with van der Waals surface area (Å²) in [7, 11) is 0. The van der Waals surface area contributed by atoms with Crippen LogP contribution in [0.2, 0.25) is 5.02 Å². The van der Waals surface area contributed by atoms with Crippen LogP contribution in [0.25, 0.3) is 11.0 Å². The summed E-state index contributed by atoms with van der Waals surface area (Å²) < 4.78 is 2.15. The fourth-order valence-electron chi connectivity index (χ4n) is 2.59. The molecule has 3 rings (SSSR count). The number of para-hydroxylation sites is 1. The summed E-state index contributed by atoms with van der Waals surface area (Å²) >= 11 is 14.5. The number of benzene rings is 1. The minimum atomic E-state index is -0.154. The van der Waals surface area contributed by atoms with Gasteiger partial charge in [-0.25, -0.2) is 4.98 Å². The summed E-state index contributed by atoms with van der Waals surface area (Å²) in [5.74, 6) is 0.871. The summed E-state index contributed by atoms with van der Waals surface area (Å²) in [5.41, 5.74) is 3.25. The summed E-state index contributed by atoms with van der Waals surface area (Å²) in [4.78, 5) is 6.00.